The second-order valence-corrected chi connectivity index (χ2v) is 7.86. The minimum absolute atomic E-state index is 0.205. The van der Waals surface area contributed by atoms with Gasteiger partial charge < -0.3 is 14.5 Å². The van der Waals surface area contributed by atoms with E-state index in [0.717, 1.165) is 17.5 Å². The van der Waals surface area contributed by atoms with Gasteiger partial charge in [0, 0.05) is 11.3 Å². The van der Waals surface area contributed by atoms with Crippen LogP contribution >= 0.6 is 11.8 Å². The maximum atomic E-state index is 13.0. The fraction of sp³-hybridized carbons (Fsp3) is 0.0870. The molecule has 0 bridgehead atoms. The van der Waals surface area contributed by atoms with E-state index in [1.165, 1.54) is 12.1 Å². The average Bonchev–Trinajstić information content (AvgIpc) is 3.24. The highest BCUT2D eigenvalue weighted by Crippen LogP contribution is 2.27. The van der Waals surface area contributed by atoms with Gasteiger partial charge in [-0.05, 0) is 67.6 Å². The van der Waals surface area contributed by atoms with Gasteiger partial charge in [0.05, 0.1) is 5.25 Å². The summed E-state index contributed by atoms with van der Waals surface area (Å²) in [5.41, 5.74) is 1.26. The van der Waals surface area contributed by atoms with Gasteiger partial charge in [0.2, 0.25) is 11.8 Å². The first-order valence-corrected chi connectivity index (χ1v) is 10.3. The van der Waals surface area contributed by atoms with Gasteiger partial charge in [-0.15, -0.1) is 10.2 Å². The van der Waals surface area contributed by atoms with Gasteiger partial charge >= 0.3 is 0 Å². The molecule has 4 aromatic rings. The molecule has 0 fully saturated rings. The molecular formula is C23H18FN3O3S. The molecule has 6 nitrogen and oxygen atoms in total. The van der Waals surface area contributed by atoms with Gasteiger partial charge in [0.1, 0.15) is 17.3 Å². The fourth-order valence-electron chi connectivity index (χ4n) is 2.65. The Morgan fingerprint density at radius 3 is 2.35 bits per heavy atom. The number of carbonyl (C=O) groups is 1. The van der Waals surface area contributed by atoms with E-state index in [2.05, 4.69) is 15.5 Å². The number of amides is 1. The number of nitrogens with zero attached hydrogens (tertiary/aromatic N) is 2. The lowest BCUT2D eigenvalue weighted by Crippen LogP contribution is -2.22. The van der Waals surface area contributed by atoms with Crippen LogP contribution in [0.3, 0.4) is 0 Å². The normalized spacial score (nSPS) is 11.7. The molecule has 0 aliphatic carbocycles. The number of nitrogens with one attached hydrogen (secondary N) is 1. The van der Waals surface area contributed by atoms with Crippen LogP contribution in [0.1, 0.15) is 6.92 Å². The number of aromatic nitrogens is 2. The summed E-state index contributed by atoms with van der Waals surface area (Å²) in [6, 6.07) is 22.3. The van der Waals surface area contributed by atoms with Crippen molar-refractivity contribution >= 4 is 23.4 Å². The van der Waals surface area contributed by atoms with Crippen LogP contribution in [0.25, 0.3) is 11.5 Å². The Labute approximate surface area is 182 Å². The number of rotatable bonds is 7. The van der Waals surface area contributed by atoms with Crippen molar-refractivity contribution in [1.82, 2.24) is 10.2 Å². The van der Waals surface area contributed by atoms with Crippen LogP contribution in [-0.4, -0.2) is 21.4 Å². The van der Waals surface area contributed by atoms with Crippen LogP contribution < -0.4 is 10.1 Å². The molecule has 0 radical (unpaired) electrons. The molecule has 8 heteroatoms. The highest BCUT2D eigenvalue weighted by atomic mass is 32.2. The molecule has 1 aromatic heterocycles. The zero-order valence-corrected chi connectivity index (χ0v) is 17.3. The second kappa shape index (κ2) is 9.44. The van der Waals surface area contributed by atoms with E-state index in [1.807, 2.05) is 30.3 Å². The fourth-order valence-corrected chi connectivity index (χ4v) is 3.33. The number of hydrogen-bond donors (Lipinski definition) is 1. The largest absolute Gasteiger partial charge is 0.457 e. The first-order chi connectivity index (χ1) is 15.1. The second-order valence-electron chi connectivity index (χ2n) is 6.57. The van der Waals surface area contributed by atoms with Gasteiger partial charge in [-0.2, -0.15) is 0 Å². The van der Waals surface area contributed by atoms with E-state index < -0.39 is 5.25 Å². The smallest absolute Gasteiger partial charge is 0.277 e. The number of anilines is 1. The SMILES string of the molecule is CC(Sc1nnc(-c2ccc(F)cc2)o1)C(=O)Nc1ccc(Oc2ccccc2)cc1. The standard InChI is InChI=1S/C23H18FN3O3S/c1-15(31-23-27-26-22(30-23)16-7-9-17(24)10-8-16)21(28)25-18-11-13-20(14-12-18)29-19-5-3-2-4-6-19/h2-15H,1H3,(H,25,28). The van der Waals surface area contributed by atoms with Crippen LogP contribution in [0.2, 0.25) is 0 Å². The summed E-state index contributed by atoms with van der Waals surface area (Å²) in [5, 5.41) is 10.5. The lowest BCUT2D eigenvalue weighted by atomic mass is 10.2. The number of halogens is 1. The predicted molar refractivity (Wildman–Crippen MR) is 117 cm³/mol. The third-order valence-corrected chi connectivity index (χ3v) is 5.18. The van der Waals surface area contributed by atoms with Crippen molar-refractivity contribution in [3.8, 4) is 23.0 Å². The minimum Gasteiger partial charge on any atom is -0.457 e. The van der Waals surface area contributed by atoms with Crippen LogP contribution in [-0.2, 0) is 4.79 Å². The quantitative estimate of drug-likeness (QED) is 0.371. The van der Waals surface area contributed by atoms with E-state index in [9.17, 15) is 9.18 Å². The Morgan fingerprint density at radius 2 is 1.65 bits per heavy atom. The van der Waals surface area contributed by atoms with Crippen molar-refractivity contribution in [1.29, 1.82) is 0 Å². The first-order valence-electron chi connectivity index (χ1n) is 9.47. The van der Waals surface area contributed by atoms with Crippen molar-refractivity contribution in [3.05, 3.63) is 84.7 Å². The van der Waals surface area contributed by atoms with E-state index >= 15 is 0 Å². The summed E-state index contributed by atoms with van der Waals surface area (Å²) in [6.45, 7) is 1.74. The van der Waals surface area contributed by atoms with Crippen LogP contribution in [0.15, 0.2) is 88.5 Å². The van der Waals surface area contributed by atoms with E-state index in [-0.39, 0.29) is 22.8 Å². The van der Waals surface area contributed by atoms with Crippen molar-refractivity contribution in [2.45, 2.75) is 17.4 Å². The zero-order chi connectivity index (χ0) is 21.6. The molecule has 0 spiro atoms. The van der Waals surface area contributed by atoms with E-state index in [0.29, 0.717) is 17.0 Å². The third kappa shape index (κ3) is 5.49. The minimum atomic E-state index is -0.471. The first kappa shape index (κ1) is 20.6. The highest BCUT2D eigenvalue weighted by Gasteiger charge is 2.19. The molecule has 156 valence electrons. The zero-order valence-electron chi connectivity index (χ0n) is 16.5. The third-order valence-electron chi connectivity index (χ3n) is 4.25. The van der Waals surface area contributed by atoms with E-state index in [4.69, 9.17) is 9.15 Å². The maximum Gasteiger partial charge on any atom is 0.277 e. The van der Waals surface area contributed by atoms with Crippen LogP contribution in [0.5, 0.6) is 11.5 Å². The molecule has 0 saturated carbocycles. The van der Waals surface area contributed by atoms with Crippen LogP contribution in [0.4, 0.5) is 10.1 Å². The van der Waals surface area contributed by atoms with E-state index in [1.54, 1.807) is 43.3 Å². The average molecular weight is 435 g/mol. The molecule has 0 aliphatic rings. The number of thioether (sulfide) groups is 1. The van der Waals surface area contributed by atoms with Crippen molar-refractivity contribution in [2.24, 2.45) is 0 Å². The van der Waals surface area contributed by atoms with Crippen molar-refractivity contribution < 1.29 is 18.3 Å². The molecule has 1 amide bonds. The maximum absolute atomic E-state index is 13.0. The lowest BCUT2D eigenvalue weighted by Gasteiger charge is -2.11. The Balaban J connectivity index is 1.33. The molecule has 0 saturated heterocycles. The number of carbonyl (C=O) groups excluding carboxylic acids is 1. The number of hydrogen-bond acceptors (Lipinski definition) is 6. The summed E-state index contributed by atoms with van der Waals surface area (Å²) < 4.78 is 24.4. The summed E-state index contributed by atoms with van der Waals surface area (Å²) in [7, 11) is 0. The molecule has 1 N–H and O–H groups in total. The highest BCUT2D eigenvalue weighted by molar-refractivity contribution is 8.00. The summed E-state index contributed by atoms with van der Waals surface area (Å²) in [5.74, 6) is 1.13. The molecule has 0 aliphatic heterocycles. The topological polar surface area (TPSA) is 77.2 Å². The van der Waals surface area contributed by atoms with Gasteiger partial charge in [-0.1, -0.05) is 30.0 Å². The number of benzene rings is 3. The summed E-state index contributed by atoms with van der Waals surface area (Å²) >= 11 is 1.14. The Kier molecular flexibility index (Phi) is 6.28. The summed E-state index contributed by atoms with van der Waals surface area (Å²) in [4.78, 5) is 12.5. The summed E-state index contributed by atoms with van der Waals surface area (Å²) in [6.07, 6.45) is 0. The van der Waals surface area contributed by atoms with Gasteiger partial charge in [-0.3, -0.25) is 4.79 Å². The molecule has 4 rings (SSSR count). The van der Waals surface area contributed by atoms with Gasteiger partial charge in [0.15, 0.2) is 0 Å². The lowest BCUT2D eigenvalue weighted by molar-refractivity contribution is -0.115. The number of para-hydroxylation sites is 1. The molecule has 1 atom stereocenters. The van der Waals surface area contributed by atoms with Gasteiger partial charge in [-0.25, -0.2) is 4.39 Å². The molecule has 31 heavy (non-hydrogen) atoms. The Bertz CT molecular complexity index is 1150. The Morgan fingerprint density at radius 1 is 0.968 bits per heavy atom. The van der Waals surface area contributed by atoms with Gasteiger partial charge in [0.25, 0.3) is 5.22 Å². The predicted octanol–water partition coefficient (Wildman–Crippen LogP) is 5.79. The van der Waals surface area contributed by atoms with Crippen LogP contribution in [0, 0.1) is 5.82 Å². The molecular weight excluding hydrogens is 417 g/mol. The van der Waals surface area contributed by atoms with Crippen molar-refractivity contribution in [3.63, 3.8) is 0 Å². The molecule has 1 heterocycles. The molecule has 1 unspecified atom stereocenters. The number of ether oxygens (including phenoxy) is 1. The monoisotopic (exact) mass is 435 g/mol. The molecule has 3 aromatic carbocycles. The Hall–Kier alpha value is -3.65. The van der Waals surface area contributed by atoms with Crippen molar-refractivity contribution in [2.75, 3.05) is 5.32 Å².